The molecule has 0 atom stereocenters. The number of benzene rings is 1. The number of nitrogens with one attached hydrogen (secondary N) is 1. The zero-order valence-corrected chi connectivity index (χ0v) is 18.1. The molecule has 1 aliphatic rings. The minimum absolute atomic E-state index is 0.126. The SMILES string of the molecule is COc1ccc2[nH]cc(C3CCN(C(=O)c4cc5c(nc6sccn65)s4)CC3)c2c1. The fourth-order valence-electron chi connectivity index (χ4n) is 4.49. The van der Waals surface area contributed by atoms with Crippen molar-refractivity contribution < 1.29 is 9.53 Å². The van der Waals surface area contributed by atoms with Crippen molar-refractivity contribution in [1.82, 2.24) is 19.3 Å². The summed E-state index contributed by atoms with van der Waals surface area (Å²) in [5, 5.41) is 3.24. The number of aromatic amines is 1. The second-order valence-electron chi connectivity index (χ2n) is 7.69. The van der Waals surface area contributed by atoms with Gasteiger partial charge in [-0.1, -0.05) is 0 Å². The second-order valence-corrected chi connectivity index (χ2v) is 9.59. The maximum absolute atomic E-state index is 13.1. The number of likely N-dealkylation sites (tertiary alicyclic amines) is 1. The number of thiophene rings is 1. The first kappa shape index (κ1) is 18.0. The van der Waals surface area contributed by atoms with Gasteiger partial charge in [0.25, 0.3) is 5.91 Å². The summed E-state index contributed by atoms with van der Waals surface area (Å²) in [6, 6.07) is 8.14. The van der Waals surface area contributed by atoms with Crippen molar-refractivity contribution in [3.05, 3.63) is 52.5 Å². The average molecular weight is 437 g/mol. The molecule has 1 N–H and O–H groups in total. The lowest BCUT2D eigenvalue weighted by molar-refractivity contribution is 0.0718. The van der Waals surface area contributed by atoms with Crippen molar-refractivity contribution in [3.8, 4) is 5.75 Å². The van der Waals surface area contributed by atoms with Crippen LogP contribution in [0.25, 0.3) is 26.2 Å². The van der Waals surface area contributed by atoms with Crippen LogP contribution in [-0.4, -0.2) is 45.4 Å². The molecule has 6 rings (SSSR count). The molecule has 0 radical (unpaired) electrons. The van der Waals surface area contributed by atoms with Crippen molar-refractivity contribution in [2.24, 2.45) is 0 Å². The molecule has 5 aromatic rings. The molecule has 4 aromatic heterocycles. The molecule has 30 heavy (non-hydrogen) atoms. The number of ether oxygens (including phenoxy) is 1. The first-order chi connectivity index (χ1) is 14.7. The molecular formula is C22H20N4O2S2. The summed E-state index contributed by atoms with van der Waals surface area (Å²) in [4.78, 5) is 25.8. The van der Waals surface area contributed by atoms with Gasteiger partial charge in [0.15, 0.2) is 4.96 Å². The molecule has 152 valence electrons. The fraction of sp³-hybridized carbons (Fsp3) is 0.273. The zero-order chi connectivity index (χ0) is 20.2. The van der Waals surface area contributed by atoms with Crippen LogP contribution in [-0.2, 0) is 0 Å². The quantitative estimate of drug-likeness (QED) is 0.427. The van der Waals surface area contributed by atoms with Gasteiger partial charge < -0.3 is 14.6 Å². The molecule has 1 aromatic carbocycles. The number of amides is 1. The van der Waals surface area contributed by atoms with E-state index in [1.54, 1.807) is 18.4 Å². The van der Waals surface area contributed by atoms with Crippen molar-refractivity contribution in [2.45, 2.75) is 18.8 Å². The summed E-state index contributed by atoms with van der Waals surface area (Å²) in [6.45, 7) is 1.55. The summed E-state index contributed by atoms with van der Waals surface area (Å²) in [5.74, 6) is 1.45. The Hall–Kier alpha value is -2.84. The van der Waals surface area contributed by atoms with Crippen LogP contribution in [0.5, 0.6) is 5.75 Å². The number of fused-ring (bicyclic) bond motifs is 4. The maximum atomic E-state index is 13.1. The van der Waals surface area contributed by atoms with Gasteiger partial charge in [0, 0.05) is 41.8 Å². The number of H-pyrrole nitrogens is 1. The predicted molar refractivity (Wildman–Crippen MR) is 121 cm³/mol. The van der Waals surface area contributed by atoms with Crippen molar-refractivity contribution in [1.29, 1.82) is 0 Å². The van der Waals surface area contributed by atoms with Gasteiger partial charge in [-0.25, -0.2) is 4.98 Å². The van der Waals surface area contributed by atoms with E-state index in [4.69, 9.17) is 4.74 Å². The second kappa shape index (κ2) is 6.85. The van der Waals surface area contributed by atoms with E-state index in [2.05, 4.69) is 32.7 Å². The van der Waals surface area contributed by atoms with Gasteiger partial charge in [-0.15, -0.1) is 22.7 Å². The molecule has 1 fully saturated rings. The Balaban J connectivity index is 1.21. The van der Waals surface area contributed by atoms with Gasteiger partial charge in [0.1, 0.15) is 10.6 Å². The minimum Gasteiger partial charge on any atom is -0.497 e. The van der Waals surface area contributed by atoms with Crippen molar-refractivity contribution in [3.63, 3.8) is 0 Å². The molecular weight excluding hydrogens is 416 g/mol. The Morgan fingerprint density at radius 1 is 1.27 bits per heavy atom. The van der Waals surface area contributed by atoms with E-state index in [0.29, 0.717) is 5.92 Å². The average Bonchev–Trinajstić information content (AvgIpc) is 3.53. The lowest BCUT2D eigenvalue weighted by atomic mass is 9.89. The maximum Gasteiger partial charge on any atom is 0.264 e. The smallest absolute Gasteiger partial charge is 0.264 e. The van der Waals surface area contributed by atoms with Gasteiger partial charge in [0.05, 0.1) is 17.5 Å². The molecule has 0 unspecified atom stereocenters. The summed E-state index contributed by atoms with van der Waals surface area (Å²) in [7, 11) is 1.70. The highest BCUT2D eigenvalue weighted by Gasteiger charge is 2.27. The molecule has 0 spiro atoms. The van der Waals surface area contributed by atoms with Gasteiger partial charge in [-0.2, -0.15) is 0 Å². The van der Waals surface area contributed by atoms with Gasteiger partial charge in [-0.3, -0.25) is 9.20 Å². The highest BCUT2D eigenvalue weighted by Crippen LogP contribution is 2.36. The minimum atomic E-state index is 0.126. The van der Waals surface area contributed by atoms with Crippen LogP contribution in [0.1, 0.15) is 34.0 Å². The van der Waals surface area contributed by atoms with Crippen molar-refractivity contribution in [2.75, 3.05) is 20.2 Å². The first-order valence-corrected chi connectivity index (χ1v) is 11.7. The van der Waals surface area contributed by atoms with E-state index in [1.807, 2.05) is 28.6 Å². The molecule has 8 heteroatoms. The van der Waals surface area contributed by atoms with Crippen molar-refractivity contribution >= 4 is 54.8 Å². The van der Waals surface area contributed by atoms with E-state index >= 15 is 0 Å². The van der Waals surface area contributed by atoms with E-state index < -0.39 is 0 Å². The Kier molecular flexibility index (Phi) is 4.10. The molecule has 0 saturated carbocycles. The molecule has 0 bridgehead atoms. The number of aromatic nitrogens is 3. The Morgan fingerprint density at radius 2 is 2.13 bits per heavy atom. The number of nitrogens with zero attached hydrogens (tertiary/aromatic N) is 3. The fourth-order valence-corrected chi connectivity index (χ4v) is 6.26. The molecule has 6 nitrogen and oxygen atoms in total. The van der Waals surface area contributed by atoms with Crippen LogP contribution < -0.4 is 4.74 Å². The first-order valence-electron chi connectivity index (χ1n) is 10.0. The third-order valence-corrected chi connectivity index (χ3v) is 7.86. The Labute approximate surface area is 180 Å². The third-order valence-electron chi connectivity index (χ3n) is 6.09. The van der Waals surface area contributed by atoms with E-state index in [1.165, 1.54) is 22.3 Å². The largest absolute Gasteiger partial charge is 0.497 e. The van der Waals surface area contributed by atoms with Crippen LogP contribution in [0.15, 0.2) is 42.0 Å². The molecule has 0 aliphatic carbocycles. The topological polar surface area (TPSA) is 62.6 Å². The zero-order valence-electron chi connectivity index (χ0n) is 16.4. The summed E-state index contributed by atoms with van der Waals surface area (Å²) >= 11 is 3.11. The number of hydrogen-bond donors (Lipinski definition) is 1. The van der Waals surface area contributed by atoms with Crippen LogP contribution in [0.4, 0.5) is 0 Å². The van der Waals surface area contributed by atoms with Crippen LogP contribution in [0.3, 0.4) is 0 Å². The normalized spacial score (nSPS) is 15.6. The van der Waals surface area contributed by atoms with Gasteiger partial charge >= 0.3 is 0 Å². The highest BCUT2D eigenvalue weighted by atomic mass is 32.1. The van der Waals surface area contributed by atoms with E-state index in [9.17, 15) is 4.79 Å². The summed E-state index contributed by atoms with van der Waals surface area (Å²) in [6.07, 6.45) is 6.06. The van der Waals surface area contributed by atoms with Gasteiger partial charge in [0.2, 0.25) is 0 Å². The van der Waals surface area contributed by atoms with E-state index in [0.717, 1.165) is 57.4 Å². The number of imidazole rings is 1. The number of rotatable bonds is 3. The van der Waals surface area contributed by atoms with Gasteiger partial charge in [-0.05, 0) is 48.6 Å². The van der Waals surface area contributed by atoms with Crippen LogP contribution >= 0.6 is 22.7 Å². The summed E-state index contributed by atoms with van der Waals surface area (Å²) in [5.41, 5.74) is 3.49. The molecule has 1 saturated heterocycles. The number of carbonyl (C=O) groups excluding carboxylic acids is 1. The third kappa shape index (κ3) is 2.74. The van der Waals surface area contributed by atoms with Crippen LogP contribution in [0.2, 0.25) is 0 Å². The molecule has 5 heterocycles. The molecule has 1 amide bonds. The molecule has 1 aliphatic heterocycles. The lowest BCUT2D eigenvalue weighted by Gasteiger charge is -2.31. The Bertz CT molecular complexity index is 1380. The number of piperidine rings is 1. The monoisotopic (exact) mass is 436 g/mol. The highest BCUT2D eigenvalue weighted by molar-refractivity contribution is 7.21. The number of carbonyl (C=O) groups is 1. The lowest BCUT2D eigenvalue weighted by Crippen LogP contribution is -2.37. The number of thiazole rings is 1. The number of methoxy groups -OCH3 is 1. The van der Waals surface area contributed by atoms with Crippen LogP contribution in [0, 0.1) is 0 Å². The summed E-state index contributed by atoms with van der Waals surface area (Å²) < 4.78 is 7.46. The number of hydrogen-bond acceptors (Lipinski definition) is 5. The Morgan fingerprint density at radius 3 is 2.97 bits per heavy atom. The van der Waals surface area contributed by atoms with E-state index in [-0.39, 0.29) is 5.91 Å². The standard InChI is InChI=1S/C22H20N4O2S2/c1-28-14-2-3-17-15(10-14)16(12-23-17)13-4-6-25(7-5-13)21(27)19-11-18-20(30-19)24-22-26(18)8-9-29-22/h2-3,8-13,23H,4-7H2,1H3. The predicted octanol–water partition coefficient (Wildman–Crippen LogP) is 5.12.